The van der Waals surface area contributed by atoms with Crippen molar-refractivity contribution in [3.8, 4) is 5.75 Å². The Morgan fingerprint density at radius 2 is 2.05 bits per heavy atom. The first-order chi connectivity index (χ1) is 10.2. The predicted molar refractivity (Wildman–Crippen MR) is 85.2 cm³/mol. The van der Waals surface area contributed by atoms with Gasteiger partial charge in [0.25, 0.3) is 0 Å². The van der Waals surface area contributed by atoms with Gasteiger partial charge in [-0.1, -0.05) is 35.2 Å². The molecule has 0 heterocycles. The molecule has 0 bridgehead atoms. The van der Waals surface area contributed by atoms with E-state index in [1.54, 1.807) is 6.08 Å². The minimum absolute atomic E-state index is 0.430. The summed E-state index contributed by atoms with van der Waals surface area (Å²) in [6, 6.07) is 6.05. The van der Waals surface area contributed by atoms with Crippen molar-refractivity contribution in [1.29, 1.82) is 0 Å². The highest BCUT2D eigenvalue weighted by Crippen LogP contribution is 2.46. The van der Waals surface area contributed by atoms with Gasteiger partial charge in [0.15, 0.2) is 0 Å². The van der Waals surface area contributed by atoms with E-state index < -0.39 is 5.54 Å². The molecule has 0 radical (unpaired) electrons. The van der Waals surface area contributed by atoms with Gasteiger partial charge < -0.3 is 4.74 Å². The lowest BCUT2D eigenvalue weighted by Crippen LogP contribution is -2.23. The van der Waals surface area contributed by atoms with E-state index in [0.717, 1.165) is 48.1 Å². The highest BCUT2D eigenvalue weighted by molar-refractivity contribution is 9.10. The van der Waals surface area contributed by atoms with Crippen molar-refractivity contribution in [2.75, 3.05) is 6.61 Å². The summed E-state index contributed by atoms with van der Waals surface area (Å²) in [5, 5.41) is 0. The SMILES string of the molecule is O=C=NC1(c2cc(Br)ccc2OCC2CCC2)CCCC1. The van der Waals surface area contributed by atoms with Crippen molar-refractivity contribution in [3.05, 3.63) is 28.2 Å². The lowest BCUT2D eigenvalue weighted by atomic mass is 9.86. The molecule has 0 amide bonds. The van der Waals surface area contributed by atoms with E-state index in [-0.39, 0.29) is 0 Å². The third kappa shape index (κ3) is 3.07. The summed E-state index contributed by atoms with van der Waals surface area (Å²) in [5.41, 5.74) is 0.609. The summed E-state index contributed by atoms with van der Waals surface area (Å²) in [4.78, 5) is 15.1. The van der Waals surface area contributed by atoms with Crippen molar-refractivity contribution >= 4 is 22.0 Å². The number of hydrogen-bond acceptors (Lipinski definition) is 3. The first kappa shape index (κ1) is 14.8. The Morgan fingerprint density at radius 1 is 1.29 bits per heavy atom. The van der Waals surface area contributed by atoms with Crippen LogP contribution in [0.25, 0.3) is 0 Å². The van der Waals surface area contributed by atoms with E-state index >= 15 is 0 Å². The average molecular weight is 350 g/mol. The van der Waals surface area contributed by atoms with Gasteiger partial charge in [-0.15, -0.1) is 0 Å². The number of rotatable bonds is 5. The topological polar surface area (TPSA) is 38.7 Å². The van der Waals surface area contributed by atoms with Gasteiger partial charge in [0.05, 0.1) is 6.61 Å². The molecule has 1 aromatic rings. The molecular weight excluding hydrogens is 330 g/mol. The van der Waals surface area contributed by atoms with Gasteiger partial charge in [-0.05, 0) is 49.8 Å². The maximum Gasteiger partial charge on any atom is 0.235 e. The van der Waals surface area contributed by atoms with Gasteiger partial charge in [-0.25, -0.2) is 4.79 Å². The summed E-state index contributed by atoms with van der Waals surface area (Å²) in [6.45, 7) is 0.773. The molecule has 0 saturated heterocycles. The zero-order valence-electron chi connectivity index (χ0n) is 12.1. The Balaban J connectivity index is 1.90. The Kier molecular flexibility index (Phi) is 4.46. The van der Waals surface area contributed by atoms with Gasteiger partial charge in [-0.2, -0.15) is 4.99 Å². The van der Waals surface area contributed by atoms with Crippen molar-refractivity contribution in [3.63, 3.8) is 0 Å². The van der Waals surface area contributed by atoms with Crippen LogP contribution < -0.4 is 4.74 Å². The second kappa shape index (κ2) is 6.33. The second-order valence-electron chi connectivity index (χ2n) is 6.19. The van der Waals surface area contributed by atoms with E-state index in [9.17, 15) is 4.79 Å². The minimum atomic E-state index is -0.430. The van der Waals surface area contributed by atoms with Crippen LogP contribution in [0.4, 0.5) is 0 Å². The van der Waals surface area contributed by atoms with Gasteiger partial charge in [0, 0.05) is 10.0 Å². The van der Waals surface area contributed by atoms with Gasteiger partial charge >= 0.3 is 0 Å². The Bertz CT molecular complexity index is 556. The van der Waals surface area contributed by atoms with E-state index in [4.69, 9.17) is 4.74 Å². The molecular formula is C17H20BrNO2. The molecule has 21 heavy (non-hydrogen) atoms. The number of carbonyl (C=O) groups excluding carboxylic acids is 1. The van der Waals surface area contributed by atoms with Crippen molar-refractivity contribution < 1.29 is 9.53 Å². The number of isocyanates is 1. The summed E-state index contributed by atoms with van der Waals surface area (Å²) < 4.78 is 7.07. The number of ether oxygens (including phenoxy) is 1. The van der Waals surface area contributed by atoms with E-state index in [2.05, 4.69) is 27.0 Å². The maximum atomic E-state index is 10.9. The molecule has 3 rings (SSSR count). The number of benzene rings is 1. The molecule has 0 aromatic heterocycles. The third-order valence-corrected chi connectivity index (χ3v) is 5.33. The monoisotopic (exact) mass is 349 g/mol. The maximum absolute atomic E-state index is 10.9. The molecule has 2 aliphatic rings. The third-order valence-electron chi connectivity index (χ3n) is 4.83. The Hall–Kier alpha value is -1.12. The molecule has 1 aromatic carbocycles. The normalized spacial score (nSPS) is 20.6. The number of halogens is 1. The molecule has 3 nitrogen and oxygen atoms in total. The van der Waals surface area contributed by atoms with Crippen LogP contribution in [0, 0.1) is 5.92 Å². The van der Waals surface area contributed by atoms with Crippen molar-refractivity contribution in [1.82, 2.24) is 0 Å². The molecule has 4 heteroatoms. The summed E-state index contributed by atoms with van der Waals surface area (Å²) >= 11 is 3.53. The molecule has 0 N–H and O–H groups in total. The average Bonchev–Trinajstić information content (AvgIpc) is 2.88. The Labute approximate surface area is 133 Å². The molecule has 0 unspecified atom stereocenters. The first-order valence-corrected chi connectivity index (χ1v) is 8.55. The van der Waals surface area contributed by atoms with Crippen LogP contribution in [-0.4, -0.2) is 12.7 Å². The fourth-order valence-corrected chi connectivity index (χ4v) is 3.71. The standard InChI is InChI=1S/C17H20BrNO2/c18-14-6-7-16(21-11-13-4-3-5-13)15(10-14)17(19-12-20)8-1-2-9-17/h6-7,10,13H,1-5,8-9,11H2. The smallest absolute Gasteiger partial charge is 0.235 e. The summed E-state index contributed by atoms with van der Waals surface area (Å²) in [7, 11) is 0. The van der Waals surface area contributed by atoms with Crippen LogP contribution in [0.1, 0.15) is 50.5 Å². The quantitative estimate of drug-likeness (QED) is 0.569. The van der Waals surface area contributed by atoms with E-state index in [1.807, 2.05) is 12.1 Å². The van der Waals surface area contributed by atoms with Crippen LogP contribution in [0.2, 0.25) is 0 Å². The molecule has 2 fully saturated rings. The number of hydrogen-bond donors (Lipinski definition) is 0. The Morgan fingerprint density at radius 3 is 2.67 bits per heavy atom. The van der Waals surface area contributed by atoms with E-state index in [0.29, 0.717) is 5.92 Å². The van der Waals surface area contributed by atoms with Crippen LogP contribution in [0.5, 0.6) is 5.75 Å². The van der Waals surface area contributed by atoms with Crippen molar-refractivity contribution in [2.24, 2.45) is 10.9 Å². The lowest BCUT2D eigenvalue weighted by molar-refractivity contribution is 0.177. The molecule has 2 aliphatic carbocycles. The van der Waals surface area contributed by atoms with Gasteiger partial charge in [0.2, 0.25) is 6.08 Å². The minimum Gasteiger partial charge on any atom is -0.493 e. The van der Waals surface area contributed by atoms with Crippen LogP contribution in [-0.2, 0) is 10.3 Å². The molecule has 112 valence electrons. The van der Waals surface area contributed by atoms with Crippen LogP contribution >= 0.6 is 15.9 Å². The van der Waals surface area contributed by atoms with Crippen LogP contribution in [0.15, 0.2) is 27.7 Å². The first-order valence-electron chi connectivity index (χ1n) is 7.75. The highest BCUT2D eigenvalue weighted by Gasteiger charge is 2.38. The van der Waals surface area contributed by atoms with E-state index in [1.165, 1.54) is 19.3 Å². The zero-order chi connectivity index (χ0) is 14.7. The molecule has 0 atom stereocenters. The lowest BCUT2D eigenvalue weighted by Gasteiger charge is -2.29. The fraction of sp³-hybridized carbons (Fsp3) is 0.588. The second-order valence-corrected chi connectivity index (χ2v) is 7.11. The summed E-state index contributed by atoms with van der Waals surface area (Å²) in [5.74, 6) is 1.57. The largest absolute Gasteiger partial charge is 0.493 e. The predicted octanol–water partition coefficient (Wildman–Crippen LogP) is 4.73. The number of nitrogens with zero attached hydrogens (tertiary/aromatic N) is 1. The van der Waals surface area contributed by atoms with Gasteiger partial charge in [-0.3, -0.25) is 0 Å². The molecule has 2 saturated carbocycles. The molecule has 0 aliphatic heterocycles. The van der Waals surface area contributed by atoms with Gasteiger partial charge in [0.1, 0.15) is 11.3 Å². The van der Waals surface area contributed by atoms with Crippen LogP contribution in [0.3, 0.4) is 0 Å². The van der Waals surface area contributed by atoms with Crippen molar-refractivity contribution in [2.45, 2.75) is 50.5 Å². The fourth-order valence-electron chi connectivity index (χ4n) is 3.35. The molecule has 0 spiro atoms. The highest BCUT2D eigenvalue weighted by atomic mass is 79.9. The number of aliphatic imine (C=N–C) groups is 1. The zero-order valence-corrected chi connectivity index (χ0v) is 13.7. The summed E-state index contributed by atoms with van der Waals surface area (Å²) in [6.07, 6.45) is 9.64.